The van der Waals surface area contributed by atoms with Crippen LogP contribution >= 0.6 is 0 Å². The van der Waals surface area contributed by atoms with E-state index in [0.29, 0.717) is 6.61 Å². The van der Waals surface area contributed by atoms with E-state index in [0.717, 1.165) is 27.6 Å². The third-order valence-electron chi connectivity index (χ3n) is 4.58. The topological polar surface area (TPSA) is 46.5 Å². The predicted molar refractivity (Wildman–Crippen MR) is 104 cm³/mol. The first kappa shape index (κ1) is 16.2. The first-order chi connectivity index (χ1) is 12.7. The van der Waals surface area contributed by atoms with Crippen LogP contribution in [0.1, 0.15) is 11.1 Å². The molecule has 6 rings (SSSR count). The normalized spacial score (nSPS) is 11.7. The lowest BCUT2D eigenvalue weighted by Gasteiger charge is -2.07. The van der Waals surface area contributed by atoms with Crippen LogP contribution in [0.4, 0.5) is 0 Å². The zero-order chi connectivity index (χ0) is 17.9. The van der Waals surface area contributed by atoms with Gasteiger partial charge in [0.2, 0.25) is 0 Å². The van der Waals surface area contributed by atoms with Crippen LogP contribution in [-0.4, -0.2) is 11.1 Å². The molecule has 0 aromatic heterocycles. The molecule has 1 N–H and O–H groups in total. The predicted octanol–water partition coefficient (Wildman–Crippen LogP) is 5.20. The molecular weight excluding hydrogens is 324 g/mol. The Morgan fingerprint density at radius 2 is 1.50 bits per heavy atom. The Morgan fingerprint density at radius 1 is 0.846 bits per heavy atom. The highest BCUT2D eigenvalue weighted by Crippen LogP contribution is 2.31. The SMILES string of the molecule is O=C(O)Cc1ccc2cc3ccc2c1CO3.c1ccc2ccccc2c1. The monoisotopic (exact) mass is 342 g/mol. The Labute approximate surface area is 151 Å². The Hall–Kier alpha value is -3.33. The van der Waals surface area contributed by atoms with E-state index in [1.165, 1.54) is 10.8 Å². The summed E-state index contributed by atoms with van der Waals surface area (Å²) in [4.78, 5) is 10.8. The minimum atomic E-state index is -0.810. The number of rotatable bonds is 2. The van der Waals surface area contributed by atoms with Gasteiger partial charge >= 0.3 is 5.97 Å². The van der Waals surface area contributed by atoms with Crippen LogP contribution in [-0.2, 0) is 17.8 Å². The molecule has 4 aromatic carbocycles. The average Bonchev–Trinajstić information content (AvgIpc) is 2.95. The first-order valence-corrected chi connectivity index (χ1v) is 8.53. The standard InChI is InChI=1S/C13H10O3.C10H8/c14-13(15)6-9-2-1-8-5-10-3-4-11(8)12(9)7-16-10;1-2-6-10-8-4-3-7-9(10)5-1/h1-5H,6-7H2,(H,14,15);1-8H. The molecule has 4 aromatic rings. The van der Waals surface area contributed by atoms with Crippen molar-refractivity contribution in [3.05, 3.63) is 90.0 Å². The van der Waals surface area contributed by atoms with Gasteiger partial charge < -0.3 is 9.84 Å². The van der Waals surface area contributed by atoms with Crippen molar-refractivity contribution in [1.29, 1.82) is 0 Å². The summed E-state index contributed by atoms with van der Waals surface area (Å²) >= 11 is 0. The van der Waals surface area contributed by atoms with Gasteiger partial charge in [0, 0.05) is 5.56 Å². The Bertz CT molecular complexity index is 1030. The van der Waals surface area contributed by atoms with Crippen LogP contribution in [0.2, 0.25) is 0 Å². The van der Waals surface area contributed by atoms with Gasteiger partial charge in [-0.2, -0.15) is 0 Å². The molecule has 0 amide bonds. The quantitative estimate of drug-likeness (QED) is 0.545. The fourth-order valence-corrected chi connectivity index (χ4v) is 3.29. The number of ether oxygens (including phenoxy) is 1. The van der Waals surface area contributed by atoms with Gasteiger partial charge in [0.25, 0.3) is 0 Å². The van der Waals surface area contributed by atoms with Gasteiger partial charge in [0.05, 0.1) is 6.42 Å². The second-order valence-electron chi connectivity index (χ2n) is 6.29. The summed E-state index contributed by atoms with van der Waals surface area (Å²) in [5.41, 5.74) is 1.84. The van der Waals surface area contributed by atoms with Crippen molar-refractivity contribution in [2.24, 2.45) is 0 Å². The van der Waals surface area contributed by atoms with E-state index in [4.69, 9.17) is 9.84 Å². The minimum Gasteiger partial charge on any atom is -0.489 e. The molecule has 2 aliphatic heterocycles. The molecule has 0 spiro atoms. The highest BCUT2D eigenvalue weighted by molar-refractivity contribution is 5.89. The van der Waals surface area contributed by atoms with Crippen LogP contribution in [0.5, 0.6) is 5.75 Å². The number of fused-ring (bicyclic) bond motifs is 3. The van der Waals surface area contributed by atoms with Crippen LogP contribution in [0.15, 0.2) is 78.9 Å². The molecule has 0 aliphatic carbocycles. The average molecular weight is 342 g/mol. The van der Waals surface area contributed by atoms with Crippen molar-refractivity contribution in [2.75, 3.05) is 0 Å². The van der Waals surface area contributed by atoms with Gasteiger partial charge in [0.15, 0.2) is 0 Å². The van der Waals surface area contributed by atoms with E-state index >= 15 is 0 Å². The molecule has 0 atom stereocenters. The van der Waals surface area contributed by atoms with E-state index in [1.54, 1.807) is 0 Å². The lowest BCUT2D eigenvalue weighted by atomic mass is 9.98. The zero-order valence-electron chi connectivity index (χ0n) is 14.2. The molecule has 3 nitrogen and oxygen atoms in total. The van der Waals surface area contributed by atoms with Crippen molar-refractivity contribution < 1.29 is 14.6 Å². The second kappa shape index (κ2) is 6.89. The molecule has 0 radical (unpaired) electrons. The molecule has 0 saturated carbocycles. The fraction of sp³-hybridized carbons (Fsp3) is 0.0870. The van der Waals surface area contributed by atoms with E-state index in [-0.39, 0.29) is 6.42 Å². The summed E-state index contributed by atoms with van der Waals surface area (Å²) in [6.07, 6.45) is 0.0507. The van der Waals surface area contributed by atoms with Crippen molar-refractivity contribution in [3.63, 3.8) is 0 Å². The van der Waals surface area contributed by atoms with Gasteiger partial charge in [-0.25, -0.2) is 0 Å². The third-order valence-corrected chi connectivity index (χ3v) is 4.58. The number of hydrogen-bond donors (Lipinski definition) is 1. The molecule has 2 aliphatic rings. The number of carboxylic acids is 1. The molecule has 0 unspecified atom stereocenters. The van der Waals surface area contributed by atoms with E-state index in [9.17, 15) is 4.79 Å². The smallest absolute Gasteiger partial charge is 0.307 e. The fourth-order valence-electron chi connectivity index (χ4n) is 3.29. The Balaban J connectivity index is 0.000000144. The summed E-state index contributed by atoms with van der Waals surface area (Å²) in [5.74, 6) is 0.0329. The highest BCUT2D eigenvalue weighted by Gasteiger charge is 2.15. The van der Waals surface area contributed by atoms with E-state index < -0.39 is 5.97 Å². The molecule has 2 heterocycles. The van der Waals surface area contributed by atoms with Gasteiger partial charge in [-0.05, 0) is 39.2 Å². The number of carbonyl (C=O) groups is 1. The van der Waals surface area contributed by atoms with Crippen molar-refractivity contribution in [1.82, 2.24) is 0 Å². The molecule has 3 heteroatoms. The summed E-state index contributed by atoms with van der Waals surface area (Å²) in [7, 11) is 0. The molecule has 4 bridgehead atoms. The lowest BCUT2D eigenvalue weighted by Crippen LogP contribution is -2.05. The molecule has 26 heavy (non-hydrogen) atoms. The third kappa shape index (κ3) is 3.24. The van der Waals surface area contributed by atoms with Crippen LogP contribution in [0.3, 0.4) is 0 Å². The summed E-state index contributed by atoms with van der Waals surface area (Å²) in [5, 5.41) is 13.7. The Morgan fingerprint density at radius 3 is 2.12 bits per heavy atom. The lowest BCUT2D eigenvalue weighted by molar-refractivity contribution is -0.136. The van der Waals surface area contributed by atoms with Gasteiger partial charge in [-0.3, -0.25) is 4.79 Å². The number of hydrogen-bond acceptors (Lipinski definition) is 2. The summed E-state index contributed by atoms with van der Waals surface area (Å²) < 4.78 is 5.56. The molecular formula is C23H18O3. The minimum absolute atomic E-state index is 0.0507. The van der Waals surface area contributed by atoms with Crippen LogP contribution in [0.25, 0.3) is 21.5 Å². The Kier molecular flexibility index (Phi) is 4.28. The maximum Gasteiger partial charge on any atom is 0.307 e. The van der Waals surface area contributed by atoms with Gasteiger partial charge in [0.1, 0.15) is 12.4 Å². The number of aliphatic carboxylic acids is 1. The largest absolute Gasteiger partial charge is 0.489 e. The molecule has 128 valence electrons. The zero-order valence-corrected chi connectivity index (χ0v) is 14.2. The van der Waals surface area contributed by atoms with Crippen molar-refractivity contribution >= 4 is 27.5 Å². The molecule has 0 fully saturated rings. The summed E-state index contributed by atoms with van der Waals surface area (Å²) in [6, 6.07) is 26.4. The maximum atomic E-state index is 10.8. The van der Waals surface area contributed by atoms with Crippen LogP contribution in [0, 0.1) is 0 Å². The van der Waals surface area contributed by atoms with E-state index in [2.05, 4.69) is 48.5 Å². The highest BCUT2D eigenvalue weighted by atomic mass is 16.5. The van der Waals surface area contributed by atoms with Crippen LogP contribution < -0.4 is 4.74 Å². The maximum absolute atomic E-state index is 10.8. The molecule has 0 saturated heterocycles. The number of carboxylic acid groups (broad SMARTS) is 1. The van der Waals surface area contributed by atoms with E-state index in [1.807, 2.05) is 30.3 Å². The number of benzene rings is 4. The second-order valence-corrected chi connectivity index (χ2v) is 6.29. The van der Waals surface area contributed by atoms with Crippen molar-refractivity contribution in [3.8, 4) is 5.75 Å². The van der Waals surface area contributed by atoms with Gasteiger partial charge in [-0.1, -0.05) is 66.7 Å². The first-order valence-electron chi connectivity index (χ1n) is 8.53. The van der Waals surface area contributed by atoms with Gasteiger partial charge in [-0.15, -0.1) is 0 Å². The van der Waals surface area contributed by atoms with Crippen molar-refractivity contribution in [2.45, 2.75) is 13.0 Å². The summed E-state index contributed by atoms with van der Waals surface area (Å²) in [6.45, 7) is 0.463.